The van der Waals surface area contributed by atoms with Crippen LogP contribution in [0.25, 0.3) is 0 Å². The maximum absolute atomic E-state index is 5.84. The summed E-state index contributed by atoms with van der Waals surface area (Å²) in [7, 11) is 0. The molecule has 0 radical (unpaired) electrons. The molecule has 2 N–H and O–H groups in total. The predicted octanol–water partition coefficient (Wildman–Crippen LogP) is 2.23. The Morgan fingerprint density at radius 2 is 1.38 bits per heavy atom. The zero-order valence-electron chi connectivity index (χ0n) is 9.88. The summed E-state index contributed by atoms with van der Waals surface area (Å²) in [4.78, 5) is 2.52. The van der Waals surface area contributed by atoms with Crippen LogP contribution < -0.4 is 5.73 Å². The smallest absolute Gasteiger partial charge is 0.0139 e. The highest BCUT2D eigenvalue weighted by Gasteiger charge is 2.18. The molecule has 2 nitrogen and oxygen atoms in total. The predicted molar refractivity (Wildman–Crippen MR) is 59.9 cm³/mol. The summed E-state index contributed by atoms with van der Waals surface area (Å²) in [5.74, 6) is 0. The lowest BCUT2D eigenvalue weighted by molar-refractivity contribution is 0.139. The van der Waals surface area contributed by atoms with Crippen molar-refractivity contribution in [3.8, 4) is 0 Å². The SMILES string of the molecule is CCC(C)N(CC(C)N)C(C)CC. The first-order valence-corrected chi connectivity index (χ1v) is 5.54. The van der Waals surface area contributed by atoms with Gasteiger partial charge in [0.25, 0.3) is 0 Å². The molecule has 3 unspecified atom stereocenters. The Labute approximate surface area is 83.5 Å². The molecule has 0 aliphatic rings. The summed E-state index contributed by atoms with van der Waals surface area (Å²) in [6.45, 7) is 12.1. The van der Waals surface area contributed by atoms with E-state index in [0.717, 1.165) is 6.54 Å². The van der Waals surface area contributed by atoms with Gasteiger partial charge in [0.05, 0.1) is 0 Å². The summed E-state index contributed by atoms with van der Waals surface area (Å²) in [5, 5.41) is 0. The van der Waals surface area contributed by atoms with Gasteiger partial charge >= 0.3 is 0 Å². The molecule has 0 bridgehead atoms. The van der Waals surface area contributed by atoms with Gasteiger partial charge in [0.15, 0.2) is 0 Å². The van der Waals surface area contributed by atoms with E-state index in [1.165, 1.54) is 12.8 Å². The average molecular weight is 186 g/mol. The molecule has 3 atom stereocenters. The maximum atomic E-state index is 5.84. The molecule has 2 heteroatoms. The third kappa shape index (κ3) is 4.63. The topological polar surface area (TPSA) is 29.3 Å². The number of nitrogens with zero attached hydrogens (tertiary/aromatic N) is 1. The average Bonchev–Trinajstić information content (AvgIpc) is 2.11. The molecule has 0 saturated carbocycles. The van der Waals surface area contributed by atoms with Gasteiger partial charge in [0.2, 0.25) is 0 Å². The minimum absolute atomic E-state index is 0.281. The summed E-state index contributed by atoms with van der Waals surface area (Å²) >= 11 is 0. The van der Waals surface area contributed by atoms with E-state index in [1.54, 1.807) is 0 Å². The van der Waals surface area contributed by atoms with Gasteiger partial charge < -0.3 is 5.73 Å². The van der Waals surface area contributed by atoms with Gasteiger partial charge in [0, 0.05) is 24.7 Å². The number of hydrogen-bond acceptors (Lipinski definition) is 2. The van der Waals surface area contributed by atoms with Crippen molar-refractivity contribution in [3.05, 3.63) is 0 Å². The van der Waals surface area contributed by atoms with Gasteiger partial charge in [-0.25, -0.2) is 0 Å². The molecule has 0 aromatic heterocycles. The van der Waals surface area contributed by atoms with E-state index < -0.39 is 0 Å². The van der Waals surface area contributed by atoms with E-state index in [-0.39, 0.29) is 6.04 Å². The molecule has 0 aliphatic heterocycles. The molecular formula is C11H26N2. The van der Waals surface area contributed by atoms with Crippen molar-refractivity contribution in [2.24, 2.45) is 5.73 Å². The zero-order chi connectivity index (χ0) is 10.4. The highest BCUT2D eigenvalue weighted by atomic mass is 15.2. The number of rotatable bonds is 6. The first-order valence-electron chi connectivity index (χ1n) is 5.54. The molecule has 0 aromatic rings. The van der Waals surface area contributed by atoms with Gasteiger partial charge in [-0.1, -0.05) is 13.8 Å². The molecule has 0 spiro atoms. The van der Waals surface area contributed by atoms with Crippen molar-refractivity contribution in [1.29, 1.82) is 0 Å². The van der Waals surface area contributed by atoms with Crippen LogP contribution in [-0.4, -0.2) is 29.6 Å². The van der Waals surface area contributed by atoms with Crippen molar-refractivity contribution in [2.75, 3.05) is 6.54 Å². The molecular weight excluding hydrogens is 160 g/mol. The Morgan fingerprint density at radius 1 is 1.00 bits per heavy atom. The largest absolute Gasteiger partial charge is 0.327 e. The fourth-order valence-electron chi connectivity index (χ4n) is 1.60. The van der Waals surface area contributed by atoms with Crippen LogP contribution in [0.4, 0.5) is 0 Å². The van der Waals surface area contributed by atoms with Crippen LogP contribution in [0.5, 0.6) is 0 Å². The highest BCUT2D eigenvalue weighted by Crippen LogP contribution is 2.11. The lowest BCUT2D eigenvalue weighted by atomic mass is 10.1. The molecule has 80 valence electrons. The van der Waals surface area contributed by atoms with E-state index in [1.807, 2.05) is 0 Å². The standard InChI is InChI=1S/C11H26N2/c1-6-10(4)13(8-9(3)12)11(5)7-2/h9-11H,6-8,12H2,1-5H3. The molecule has 0 fully saturated rings. The highest BCUT2D eigenvalue weighted by molar-refractivity contribution is 4.74. The van der Waals surface area contributed by atoms with Crippen molar-refractivity contribution in [3.63, 3.8) is 0 Å². The van der Waals surface area contributed by atoms with E-state index in [2.05, 4.69) is 39.5 Å². The third-order valence-corrected chi connectivity index (χ3v) is 2.81. The minimum Gasteiger partial charge on any atom is -0.327 e. The fraction of sp³-hybridized carbons (Fsp3) is 1.00. The van der Waals surface area contributed by atoms with Crippen LogP contribution >= 0.6 is 0 Å². The second-order valence-corrected chi connectivity index (χ2v) is 4.19. The first kappa shape index (κ1) is 12.9. The molecule has 0 aliphatic carbocycles. The lowest BCUT2D eigenvalue weighted by Gasteiger charge is -2.34. The van der Waals surface area contributed by atoms with Gasteiger partial charge in [0.1, 0.15) is 0 Å². The second-order valence-electron chi connectivity index (χ2n) is 4.19. The molecule has 0 amide bonds. The van der Waals surface area contributed by atoms with Crippen molar-refractivity contribution < 1.29 is 0 Å². The Hall–Kier alpha value is -0.0800. The van der Waals surface area contributed by atoms with Crippen LogP contribution in [0.1, 0.15) is 47.5 Å². The maximum Gasteiger partial charge on any atom is 0.0139 e. The molecule has 13 heavy (non-hydrogen) atoms. The van der Waals surface area contributed by atoms with E-state index in [4.69, 9.17) is 5.73 Å². The summed E-state index contributed by atoms with van der Waals surface area (Å²) in [5.41, 5.74) is 5.84. The van der Waals surface area contributed by atoms with Gasteiger partial charge in [-0.05, 0) is 33.6 Å². The Morgan fingerprint density at radius 3 is 1.62 bits per heavy atom. The van der Waals surface area contributed by atoms with Crippen LogP contribution in [0.15, 0.2) is 0 Å². The van der Waals surface area contributed by atoms with Crippen LogP contribution in [0.3, 0.4) is 0 Å². The summed E-state index contributed by atoms with van der Waals surface area (Å²) in [6.07, 6.45) is 2.41. The summed E-state index contributed by atoms with van der Waals surface area (Å²) < 4.78 is 0. The van der Waals surface area contributed by atoms with Gasteiger partial charge in [-0.2, -0.15) is 0 Å². The Kier molecular flexibility index (Phi) is 6.35. The van der Waals surface area contributed by atoms with E-state index in [9.17, 15) is 0 Å². The van der Waals surface area contributed by atoms with Crippen molar-refractivity contribution in [1.82, 2.24) is 4.90 Å². The molecule has 0 heterocycles. The first-order chi connectivity index (χ1) is 6.02. The zero-order valence-corrected chi connectivity index (χ0v) is 9.88. The monoisotopic (exact) mass is 186 g/mol. The van der Waals surface area contributed by atoms with Gasteiger partial charge in [-0.3, -0.25) is 4.90 Å². The number of hydrogen-bond donors (Lipinski definition) is 1. The van der Waals surface area contributed by atoms with Crippen LogP contribution in [0.2, 0.25) is 0 Å². The molecule has 0 saturated heterocycles. The summed E-state index contributed by atoms with van der Waals surface area (Å²) in [6, 6.07) is 1.59. The normalized spacial score (nSPS) is 18.7. The second kappa shape index (κ2) is 6.39. The van der Waals surface area contributed by atoms with E-state index in [0.29, 0.717) is 12.1 Å². The number of nitrogens with two attached hydrogens (primary N) is 1. The Balaban J connectivity index is 4.17. The molecule has 0 aromatic carbocycles. The fourth-order valence-corrected chi connectivity index (χ4v) is 1.60. The van der Waals surface area contributed by atoms with Gasteiger partial charge in [-0.15, -0.1) is 0 Å². The third-order valence-electron chi connectivity index (χ3n) is 2.81. The van der Waals surface area contributed by atoms with Crippen LogP contribution in [0, 0.1) is 0 Å². The lowest BCUT2D eigenvalue weighted by Crippen LogP contribution is -2.45. The quantitative estimate of drug-likeness (QED) is 0.689. The van der Waals surface area contributed by atoms with Crippen LogP contribution in [-0.2, 0) is 0 Å². The molecule has 0 rings (SSSR count). The minimum atomic E-state index is 0.281. The van der Waals surface area contributed by atoms with E-state index >= 15 is 0 Å². The Bertz CT molecular complexity index is 113. The van der Waals surface area contributed by atoms with Crippen molar-refractivity contribution >= 4 is 0 Å². The van der Waals surface area contributed by atoms with Crippen molar-refractivity contribution in [2.45, 2.75) is 65.6 Å².